The molecule has 1 N–H and O–H groups in total. The lowest BCUT2D eigenvalue weighted by atomic mass is 10.3. The SMILES string of the molecule is CC[C@@H]1[C@H](CO)C1(F)F. The van der Waals surface area contributed by atoms with Crippen LogP contribution in [0.3, 0.4) is 0 Å². The van der Waals surface area contributed by atoms with E-state index in [1.807, 2.05) is 0 Å². The molecular weight excluding hydrogens is 126 g/mol. The van der Waals surface area contributed by atoms with E-state index >= 15 is 0 Å². The normalized spacial score (nSPS) is 38.7. The van der Waals surface area contributed by atoms with Crippen molar-refractivity contribution in [1.82, 2.24) is 0 Å². The van der Waals surface area contributed by atoms with Crippen LogP contribution in [0.4, 0.5) is 8.78 Å². The number of halogens is 2. The van der Waals surface area contributed by atoms with Crippen LogP contribution in [0.15, 0.2) is 0 Å². The van der Waals surface area contributed by atoms with Crippen LogP contribution in [0.2, 0.25) is 0 Å². The van der Waals surface area contributed by atoms with Gasteiger partial charge in [-0.25, -0.2) is 8.78 Å². The summed E-state index contributed by atoms with van der Waals surface area (Å²) in [7, 11) is 0. The van der Waals surface area contributed by atoms with Gasteiger partial charge in [0.2, 0.25) is 0 Å². The smallest absolute Gasteiger partial charge is 0.256 e. The van der Waals surface area contributed by atoms with Crippen molar-refractivity contribution in [3.63, 3.8) is 0 Å². The Morgan fingerprint density at radius 2 is 2.00 bits per heavy atom. The van der Waals surface area contributed by atoms with Crippen molar-refractivity contribution in [1.29, 1.82) is 0 Å². The molecule has 1 rings (SSSR count). The maximum Gasteiger partial charge on any atom is 0.256 e. The summed E-state index contributed by atoms with van der Waals surface area (Å²) in [4.78, 5) is 0. The van der Waals surface area contributed by atoms with Gasteiger partial charge in [-0.1, -0.05) is 6.92 Å². The summed E-state index contributed by atoms with van der Waals surface area (Å²) in [5.74, 6) is -3.87. The Labute approximate surface area is 52.7 Å². The molecule has 54 valence electrons. The third-order valence-electron chi connectivity index (χ3n) is 2.00. The van der Waals surface area contributed by atoms with E-state index in [9.17, 15) is 8.78 Å². The number of alkyl halides is 2. The molecule has 0 aromatic carbocycles. The highest BCUT2D eigenvalue weighted by Gasteiger charge is 2.66. The maximum absolute atomic E-state index is 12.3. The third kappa shape index (κ3) is 0.834. The molecule has 1 nitrogen and oxygen atoms in total. The van der Waals surface area contributed by atoms with E-state index in [4.69, 9.17) is 5.11 Å². The van der Waals surface area contributed by atoms with Gasteiger partial charge in [0.15, 0.2) is 0 Å². The molecule has 0 saturated heterocycles. The van der Waals surface area contributed by atoms with Crippen LogP contribution >= 0.6 is 0 Å². The summed E-state index contributed by atoms with van der Waals surface area (Å²) in [6.45, 7) is 1.35. The van der Waals surface area contributed by atoms with Crippen LogP contribution in [0.25, 0.3) is 0 Å². The van der Waals surface area contributed by atoms with Crippen LogP contribution in [0, 0.1) is 11.8 Å². The Morgan fingerprint density at radius 3 is 2.11 bits per heavy atom. The average molecular weight is 136 g/mol. The zero-order chi connectivity index (χ0) is 7.07. The fraction of sp³-hybridized carbons (Fsp3) is 1.00. The quantitative estimate of drug-likeness (QED) is 0.606. The summed E-state index contributed by atoms with van der Waals surface area (Å²) in [5, 5.41) is 8.36. The first-order valence-corrected chi connectivity index (χ1v) is 3.13. The van der Waals surface area contributed by atoms with Crippen molar-refractivity contribution in [2.75, 3.05) is 6.61 Å². The van der Waals surface area contributed by atoms with Gasteiger partial charge in [-0.2, -0.15) is 0 Å². The first kappa shape index (κ1) is 6.93. The zero-order valence-corrected chi connectivity index (χ0v) is 5.27. The number of hydrogen-bond acceptors (Lipinski definition) is 1. The minimum Gasteiger partial charge on any atom is -0.396 e. The van der Waals surface area contributed by atoms with Gasteiger partial charge >= 0.3 is 0 Å². The second kappa shape index (κ2) is 1.90. The van der Waals surface area contributed by atoms with Crippen molar-refractivity contribution in [3.05, 3.63) is 0 Å². The molecule has 1 aliphatic carbocycles. The van der Waals surface area contributed by atoms with Gasteiger partial charge in [0.05, 0.1) is 12.5 Å². The molecule has 0 bridgehead atoms. The molecule has 0 amide bonds. The highest BCUT2D eigenvalue weighted by molar-refractivity contribution is 5.03. The van der Waals surface area contributed by atoms with Crippen molar-refractivity contribution in [2.45, 2.75) is 19.3 Å². The molecule has 0 radical (unpaired) electrons. The maximum atomic E-state index is 12.3. The van der Waals surface area contributed by atoms with Crippen LogP contribution in [-0.2, 0) is 0 Å². The first-order chi connectivity index (χ1) is 4.14. The lowest BCUT2D eigenvalue weighted by molar-refractivity contribution is 0.0717. The molecular formula is C6H10F2O. The van der Waals surface area contributed by atoms with E-state index in [0.29, 0.717) is 6.42 Å². The lowest BCUT2D eigenvalue weighted by Crippen LogP contribution is -1.97. The van der Waals surface area contributed by atoms with E-state index in [0.717, 1.165) is 0 Å². The van der Waals surface area contributed by atoms with E-state index < -0.39 is 17.8 Å². The van der Waals surface area contributed by atoms with Gasteiger partial charge in [0, 0.05) is 5.92 Å². The first-order valence-electron chi connectivity index (χ1n) is 3.13. The molecule has 2 atom stereocenters. The van der Waals surface area contributed by atoms with Crippen molar-refractivity contribution in [2.24, 2.45) is 11.8 Å². The number of aliphatic hydroxyl groups is 1. The second-order valence-corrected chi connectivity index (χ2v) is 2.48. The van der Waals surface area contributed by atoms with E-state index in [1.165, 1.54) is 0 Å². The lowest BCUT2D eigenvalue weighted by Gasteiger charge is -1.88. The van der Waals surface area contributed by atoms with E-state index in [1.54, 1.807) is 6.92 Å². The van der Waals surface area contributed by atoms with Crippen molar-refractivity contribution < 1.29 is 13.9 Å². The van der Waals surface area contributed by atoms with Crippen molar-refractivity contribution in [3.8, 4) is 0 Å². The van der Waals surface area contributed by atoms with Crippen LogP contribution < -0.4 is 0 Å². The van der Waals surface area contributed by atoms with Gasteiger partial charge in [0.25, 0.3) is 5.92 Å². The highest BCUT2D eigenvalue weighted by Crippen LogP contribution is 2.56. The standard InChI is InChI=1S/C6H10F2O/c1-2-4-5(3-9)6(4,7)8/h4-5,9H,2-3H2,1H3/t4-,5+/m1/s1. The Morgan fingerprint density at radius 1 is 1.44 bits per heavy atom. The number of rotatable bonds is 2. The van der Waals surface area contributed by atoms with Gasteiger partial charge in [0.1, 0.15) is 0 Å². The van der Waals surface area contributed by atoms with Gasteiger partial charge in [-0.3, -0.25) is 0 Å². The molecule has 0 aliphatic heterocycles. The highest BCUT2D eigenvalue weighted by atomic mass is 19.3. The molecule has 0 spiro atoms. The molecule has 9 heavy (non-hydrogen) atoms. The molecule has 0 heterocycles. The molecule has 0 aromatic heterocycles. The molecule has 0 aromatic rings. The van der Waals surface area contributed by atoms with Gasteiger partial charge < -0.3 is 5.11 Å². The van der Waals surface area contributed by atoms with Crippen molar-refractivity contribution >= 4 is 0 Å². The third-order valence-corrected chi connectivity index (χ3v) is 2.00. The molecule has 0 unspecified atom stereocenters. The fourth-order valence-electron chi connectivity index (χ4n) is 1.27. The number of aliphatic hydroxyl groups excluding tert-OH is 1. The van der Waals surface area contributed by atoms with Gasteiger partial charge in [-0.05, 0) is 6.42 Å². The Kier molecular flexibility index (Phi) is 1.47. The van der Waals surface area contributed by atoms with Crippen LogP contribution in [0.1, 0.15) is 13.3 Å². The van der Waals surface area contributed by atoms with Crippen LogP contribution in [-0.4, -0.2) is 17.6 Å². The summed E-state index contributed by atoms with van der Waals surface area (Å²) in [6.07, 6.45) is 0.470. The summed E-state index contributed by atoms with van der Waals surface area (Å²) < 4.78 is 24.6. The predicted molar refractivity (Wildman–Crippen MR) is 29.3 cm³/mol. The summed E-state index contributed by atoms with van der Waals surface area (Å²) >= 11 is 0. The van der Waals surface area contributed by atoms with E-state index in [2.05, 4.69) is 0 Å². The Balaban J connectivity index is 2.45. The predicted octanol–water partition coefficient (Wildman–Crippen LogP) is 1.27. The van der Waals surface area contributed by atoms with Crippen LogP contribution in [0.5, 0.6) is 0 Å². The molecule has 1 saturated carbocycles. The average Bonchev–Trinajstić information content (AvgIpc) is 2.32. The van der Waals surface area contributed by atoms with E-state index in [-0.39, 0.29) is 6.61 Å². The second-order valence-electron chi connectivity index (χ2n) is 2.48. The Bertz CT molecular complexity index is 102. The summed E-state index contributed by atoms with van der Waals surface area (Å²) in [5.41, 5.74) is 0. The van der Waals surface area contributed by atoms with Gasteiger partial charge in [-0.15, -0.1) is 0 Å². The Hall–Kier alpha value is -0.180. The zero-order valence-electron chi connectivity index (χ0n) is 5.27. The number of hydrogen-bond donors (Lipinski definition) is 1. The largest absolute Gasteiger partial charge is 0.396 e. The molecule has 3 heteroatoms. The topological polar surface area (TPSA) is 20.2 Å². The molecule has 1 aliphatic rings. The monoisotopic (exact) mass is 136 g/mol. The summed E-state index contributed by atoms with van der Waals surface area (Å²) in [6, 6.07) is 0. The minimum absolute atomic E-state index is 0.370. The minimum atomic E-state index is -2.57. The molecule has 1 fully saturated rings. The fourth-order valence-corrected chi connectivity index (χ4v) is 1.27.